The van der Waals surface area contributed by atoms with E-state index in [9.17, 15) is 18.0 Å². The zero-order valence-corrected chi connectivity index (χ0v) is 14.1. The van der Waals surface area contributed by atoms with Crippen LogP contribution in [0.3, 0.4) is 0 Å². The van der Waals surface area contributed by atoms with Gasteiger partial charge < -0.3 is 10.1 Å². The van der Waals surface area contributed by atoms with Gasteiger partial charge in [0, 0.05) is 12.3 Å². The first kappa shape index (κ1) is 17.5. The highest BCUT2D eigenvalue weighted by Crippen LogP contribution is 2.18. The molecule has 0 aromatic heterocycles. The molecule has 0 radical (unpaired) electrons. The minimum atomic E-state index is -3.31. The second kappa shape index (κ2) is 7.12. The maximum atomic E-state index is 12.0. The zero-order valence-electron chi connectivity index (χ0n) is 13.2. The van der Waals surface area contributed by atoms with Crippen LogP contribution in [0.25, 0.3) is 0 Å². The van der Waals surface area contributed by atoms with E-state index in [-0.39, 0.29) is 22.4 Å². The normalized spacial score (nSPS) is 16.8. The highest BCUT2D eigenvalue weighted by Gasteiger charge is 2.23. The molecule has 0 heterocycles. The molecule has 1 aromatic carbocycles. The lowest BCUT2D eigenvalue weighted by atomic mass is 10.2. The summed E-state index contributed by atoms with van der Waals surface area (Å²) < 4.78 is 27.9. The monoisotopic (exact) mass is 339 g/mol. The molecule has 0 aliphatic heterocycles. The first-order valence-corrected chi connectivity index (χ1v) is 9.48. The van der Waals surface area contributed by atoms with Crippen molar-refractivity contribution in [1.82, 2.24) is 5.32 Å². The first-order chi connectivity index (χ1) is 10.8. The Bertz CT molecular complexity index is 675. The van der Waals surface area contributed by atoms with Crippen LogP contribution in [0.1, 0.15) is 43.0 Å². The summed E-state index contributed by atoms with van der Waals surface area (Å²) in [4.78, 5) is 24.1. The molecule has 126 valence electrons. The molecule has 0 bridgehead atoms. The third kappa shape index (κ3) is 4.79. The van der Waals surface area contributed by atoms with Crippen LogP contribution >= 0.6 is 0 Å². The fraction of sp³-hybridized carbons (Fsp3) is 0.500. The summed E-state index contributed by atoms with van der Waals surface area (Å²) in [7, 11) is -3.31. The molecule has 2 rings (SSSR count). The summed E-state index contributed by atoms with van der Waals surface area (Å²) in [6.45, 7) is 1.52. The van der Waals surface area contributed by atoms with Crippen LogP contribution in [-0.2, 0) is 19.4 Å². The molecular formula is C16H21NO5S. The molecule has 1 saturated carbocycles. The van der Waals surface area contributed by atoms with Gasteiger partial charge in [-0.2, -0.15) is 0 Å². The number of carbonyl (C=O) groups is 2. The standard InChI is InChI=1S/C16H21NO5S/c1-11(15(18)17-13-5-3-4-6-13)22-16(19)12-7-9-14(10-8-12)23(2,20)21/h7-11,13H,3-6H2,1-2H3,(H,17,18)/t11-/m0/s1. The van der Waals surface area contributed by atoms with Gasteiger partial charge in [-0.15, -0.1) is 0 Å². The molecule has 1 N–H and O–H groups in total. The van der Waals surface area contributed by atoms with Crippen molar-refractivity contribution in [3.05, 3.63) is 29.8 Å². The van der Waals surface area contributed by atoms with Crippen LogP contribution in [-0.4, -0.2) is 38.7 Å². The van der Waals surface area contributed by atoms with Crippen LogP contribution < -0.4 is 5.32 Å². The number of benzene rings is 1. The maximum absolute atomic E-state index is 12.0. The van der Waals surface area contributed by atoms with E-state index in [1.54, 1.807) is 0 Å². The van der Waals surface area contributed by atoms with E-state index in [0.717, 1.165) is 31.9 Å². The van der Waals surface area contributed by atoms with Crippen molar-refractivity contribution in [2.75, 3.05) is 6.26 Å². The molecular weight excluding hydrogens is 318 g/mol. The predicted octanol–water partition coefficient (Wildman–Crippen LogP) is 1.69. The van der Waals surface area contributed by atoms with Crippen molar-refractivity contribution in [2.45, 2.75) is 49.6 Å². The second-order valence-electron chi connectivity index (χ2n) is 5.83. The number of amides is 1. The molecule has 23 heavy (non-hydrogen) atoms. The van der Waals surface area contributed by atoms with Crippen molar-refractivity contribution in [2.24, 2.45) is 0 Å². The van der Waals surface area contributed by atoms with Crippen LogP contribution in [0.15, 0.2) is 29.2 Å². The van der Waals surface area contributed by atoms with Gasteiger partial charge in [-0.3, -0.25) is 4.79 Å². The summed E-state index contributed by atoms with van der Waals surface area (Å²) in [5.74, 6) is -0.961. The zero-order chi connectivity index (χ0) is 17.0. The van der Waals surface area contributed by atoms with Crippen LogP contribution in [0.4, 0.5) is 0 Å². The average Bonchev–Trinajstić information content (AvgIpc) is 2.99. The molecule has 1 atom stereocenters. The molecule has 0 spiro atoms. The average molecular weight is 339 g/mol. The van der Waals surface area contributed by atoms with Gasteiger partial charge in [-0.1, -0.05) is 12.8 Å². The minimum Gasteiger partial charge on any atom is -0.449 e. The topological polar surface area (TPSA) is 89.5 Å². The van der Waals surface area contributed by atoms with Gasteiger partial charge in [0.25, 0.3) is 5.91 Å². The number of carbonyl (C=O) groups excluding carboxylic acids is 2. The fourth-order valence-electron chi connectivity index (χ4n) is 2.51. The third-order valence-corrected chi connectivity index (χ3v) is 5.00. The fourth-order valence-corrected chi connectivity index (χ4v) is 3.14. The quantitative estimate of drug-likeness (QED) is 0.825. The minimum absolute atomic E-state index is 0.126. The molecule has 1 aromatic rings. The van der Waals surface area contributed by atoms with Crippen LogP contribution in [0.5, 0.6) is 0 Å². The number of esters is 1. The van der Waals surface area contributed by atoms with Crippen molar-refractivity contribution < 1.29 is 22.7 Å². The number of nitrogens with one attached hydrogen (secondary N) is 1. The van der Waals surface area contributed by atoms with Gasteiger partial charge in [-0.25, -0.2) is 13.2 Å². The van der Waals surface area contributed by atoms with Crippen molar-refractivity contribution in [1.29, 1.82) is 0 Å². The number of hydrogen-bond acceptors (Lipinski definition) is 5. The van der Waals surface area contributed by atoms with E-state index in [2.05, 4.69) is 5.32 Å². The van der Waals surface area contributed by atoms with Crippen molar-refractivity contribution in [3.63, 3.8) is 0 Å². The Balaban J connectivity index is 1.93. The molecule has 1 aliphatic carbocycles. The largest absolute Gasteiger partial charge is 0.449 e. The summed E-state index contributed by atoms with van der Waals surface area (Å²) >= 11 is 0. The Morgan fingerprint density at radius 1 is 1.17 bits per heavy atom. The van der Waals surface area contributed by atoms with Crippen molar-refractivity contribution in [3.8, 4) is 0 Å². The van der Waals surface area contributed by atoms with E-state index in [0.29, 0.717) is 0 Å². The van der Waals surface area contributed by atoms with Crippen LogP contribution in [0.2, 0.25) is 0 Å². The SMILES string of the molecule is C[C@H](OC(=O)c1ccc(S(C)(=O)=O)cc1)C(=O)NC1CCCC1. The smallest absolute Gasteiger partial charge is 0.338 e. The number of rotatable bonds is 5. The number of ether oxygens (including phenoxy) is 1. The second-order valence-corrected chi connectivity index (χ2v) is 7.85. The Morgan fingerprint density at radius 3 is 2.26 bits per heavy atom. The summed E-state index contributed by atoms with van der Waals surface area (Å²) in [6.07, 6.45) is 4.32. The Kier molecular flexibility index (Phi) is 5.41. The molecule has 1 amide bonds. The Morgan fingerprint density at radius 2 is 1.74 bits per heavy atom. The molecule has 6 nitrogen and oxygen atoms in total. The first-order valence-electron chi connectivity index (χ1n) is 7.59. The van der Waals surface area contributed by atoms with Gasteiger partial charge >= 0.3 is 5.97 Å². The summed E-state index contributed by atoms with van der Waals surface area (Å²) in [6, 6.07) is 5.60. The lowest BCUT2D eigenvalue weighted by molar-refractivity contribution is -0.129. The third-order valence-electron chi connectivity index (χ3n) is 3.87. The summed E-state index contributed by atoms with van der Waals surface area (Å²) in [5.41, 5.74) is 0.206. The molecule has 1 fully saturated rings. The lowest BCUT2D eigenvalue weighted by Crippen LogP contribution is -2.40. The van der Waals surface area contributed by atoms with Gasteiger partial charge in [0.1, 0.15) is 0 Å². The van der Waals surface area contributed by atoms with Gasteiger partial charge in [0.2, 0.25) is 0 Å². The van der Waals surface area contributed by atoms with Crippen molar-refractivity contribution >= 4 is 21.7 Å². The lowest BCUT2D eigenvalue weighted by Gasteiger charge is -2.17. The van der Waals surface area contributed by atoms with Gasteiger partial charge in [-0.05, 0) is 44.0 Å². The highest BCUT2D eigenvalue weighted by molar-refractivity contribution is 7.90. The highest BCUT2D eigenvalue weighted by atomic mass is 32.2. The Hall–Kier alpha value is -1.89. The van der Waals surface area contributed by atoms with Gasteiger partial charge in [0.05, 0.1) is 10.5 Å². The molecule has 0 saturated heterocycles. The number of hydrogen-bond donors (Lipinski definition) is 1. The summed E-state index contributed by atoms with van der Waals surface area (Å²) in [5, 5.41) is 2.87. The number of sulfone groups is 1. The maximum Gasteiger partial charge on any atom is 0.338 e. The van der Waals surface area contributed by atoms with E-state index < -0.39 is 21.9 Å². The molecule has 7 heteroatoms. The molecule has 0 unspecified atom stereocenters. The van der Waals surface area contributed by atoms with Crippen LogP contribution in [0, 0.1) is 0 Å². The predicted molar refractivity (Wildman–Crippen MR) is 84.8 cm³/mol. The van der Waals surface area contributed by atoms with E-state index >= 15 is 0 Å². The van der Waals surface area contributed by atoms with E-state index in [1.165, 1.54) is 31.2 Å². The van der Waals surface area contributed by atoms with E-state index in [1.807, 2.05) is 0 Å². The molecule has 1 aliphatic rings. The Labute approximate surface area is 136 Å². The van der Waals surface area contributed by atoms with Gasteiger partial charge in [0.15, 0.2) is 15.9 Å². The van der Waals surface area contributed by atoms with E-state index in [4.69, 9.17) is 4.74 Å².